The first kappa shape index (κ1) is 9.91. The summed E-state index contributed by atoms with van der Waals surface area (Å²) < 4.78 is 0. The quantitative estimate of drug-likeness (QED) is 0.696. The molecule has 0 bridgehead atoms. The molecule has 2 heterocycles. The molecule has 4 heteroatoms. The largest absolute Gasteiger partial charge is 0.353 e. The van der Waals surface area contributed by atoms with Gasteiger partial charge in [-0.2, -0.15) is 5.26 Å². The molecule has 1 saturated heterocycles. The predicted octanol–water partition coefficient (Wildman–Crippen LogP) is 1.73. The lowest BCUT2D eigenvalue weighted by molar-refractivity contribution is 0.480. The van der Waals surface area contributed by atoms with Gasteiger partial charge in [-0.25, -0.2) is 9.97 Å². The Kier molecular flexibility index (Phi) is 2.82. The summed E-state index contributed by atoms with van der Waals surface area (Å²) in [6, 6.07) is 2.50. The highest BCUT2D eigenvalue weighted by atomic mass is 15.2. The van der Waals surface area contributed by atoms with E-state index in [1.54, 1.807) is 6.20 Å². The van der Waals surface area contributed by atoms with Crippen LogP contribution in [0.3, 0.4) is 0 Å². The van der Waals surface area contributed by atoms with Gasteiger partial charge in [-0.1, -0.05) is 0 Å². The summed E-state index contributed by atoms with van der Waals surface area (Å²) in [6.07, 6.45) is 6.95. The molecule has 15 heavy (non-hydrogen) atoms. The fraction of sp³-hybridized carbons (Fsp3) is 0.545. The Morgan fingerprint density at radius 1 is 1.40 bits per heavy atom. The summed E-state index contributed by atoms with van der Waals surface area (Å²) in [7, 11) is 0. The first-order valence-electron chi connectivity index (χ1n) is 5.30. The number of nitrogens with zero attached hydrogens (tertiary/aromatic N) is 4. The van der Waals surface area contributed by atoms with Gasteiger partial charge in [0.05, 0.1) is 12.4 Å². The molecule has 0 saturated carbocycles. The monoisotopic (exact) mass is 202 g/mol. The Hall–Kier alpha value is -1.63. The molecule has 0 radical (unpaired) electrons. The Bertz CT molecular complexity index is 365. The normalized spacial score (nSPS) is 21.1. The number of aromatic nitrogens is 2. The maximum absolute atomic E-state index is 8.62. The minimum absolute atomic E-state index is 0.378. The first-order chi connectivity index (χ1) is 7.31. The third kappa shape index (κ3) is 2.07. The van der Waals surface area contributed by atoms with Crippen LogP contribution in [0, 0.1) is 11.3 Å². The lowest BCUT2D eigenvalue weighted by atomic mass is 10.0. The van der Waals surface area contributed by atoms with Gasteiger partial charge in [0.1, 0.15) is 11.9 Å². The number of rotatable bonds is 1. The Labute approximate surface area is 89.6 Å². The van der Waals surface area contributed by atoms with Crippen molar-refractivity contribution in [1.82, 2.24) is 9.97 Å². The molecule has 0 N–H and O–H groups in total. The second-order valence-electron chi connectivity index (χ2n) is 3.91. The van der Waals surface area contributed by atoms with Gasteiger partial charge in [-0.3, -0.25) is 0 Å². The first-order valence-corrected chi connectivity index (χ1v) is 5.30. The molecule has 1 aromatic rings. The molecule has 1 atom stereocenters. The molecule has 78 valence electrons. The van der Waals surface area contributed by atoms with E-state index < -0.39 is 0 Å². The van der Waals surface area contributed by atoms with Gasteiger partial charge in [0.2, 0.25) is 0 Å². The highest BCUT2D eigenvalue weighted by Gasteiger charge is 2.19. The standard InChI is InChI=1S/C11H14N4/c1-9-4-2-3-5-15(9)11-8-13-10(6-12)7-14-11/h7-9H,2-5H2,1H3. The van der Waals surface area contributed by atoms with E-state index in [-0.39, 0.29) is 0 Å². The number of anilines is 1. The van der Waals surface area contributed by atoms with Crippen molar-refractivity contribution in [2.24, 2.45) is 0 Å². The van der Waals surface area contributed by atoms with Crippen LogP contribution in [-0.2, 0) is 0 Å². The smallest absolute Gasteiger partial charge is 0.158 e. The third-order valence-electron chi connectivity index (χ3n) is 2.85. The summed E-state index contributed by atoms with van der Waals surface area (Å²) in [6.45, 7) is 3.25. The molecule has 1 aromatic heterocycles. The van der Waals surface area contributed by atoms with E-state index >= 15 is 0 Å². The van der Waals surface area contributed by atoms with Crippen LogP contribution in [0.15, 0.2) is 12.4 Å². The summed E-state index contributed by atoms with van der Waals surface area (Å²) in [5.74, 6) is 0.890. The van der Waals surface area contributed by atoms with Crippen molar-refractivity contribution in [3.8, 4) is 6.07 Å². The second kappa shape index (κ2) is 4.26. The Morgan fingerprint density at radius 3 is 2.87 bits per heavy atom. The molecule has 1 fully saturated rings. The van der Waals surface area contributed by atoms with Crippen LogP contribution in [0.1, 0.15) is 31.9 Å². The fourth-order valence-electron chi connectivity index (χ4n) is 1.97. The van der Waals surface area contributed by atoms with E-state index in [1.807, 2.05) is 6.07 Å². The third-order valence-corrected chi connectivity index (χ3v) is 2.85. The van der Waals surface area contributed by atoms with Crippen molar-refractivity contribution in [2.45, 2.75) is 32.2 Å². The molecule has 0 spiro atoms. The molecule has 2 rings (SSSR count). The minimum atomic E-state index is 0.378. The Morgan fingerprint density at radius 2 is 2.27 bits per heavy atom. The van der Waals surface area contributed by atoms with E-state index in [1.165, 1.54) is 25.5 Å². The molecular formula is C11H14N4. The highest BCUT2D eigenvalue weighted by Crippen LogP contribution is 2.21. The lowest BCUT2D eigenvalue weighted by Gasteiger charge is -2.34. The number of nitriles is 1. The van der Waals surface area contributed by atoms with E-state index in [0.717, 1.165) is 12.4 Å². The van der Waals surface area contributed by atoms with E-state index in [4.69, 9.17) is 5.26 Å². The van der Waals surface area contributed by atoms with E-state index in [9.17, 15) is 0 Å². The Balaban J connectivity index is 2.18. The van der Waals surface area contributed by atoms with Crippen LogP contribution in [0.5, 0.6) is 0 Å². The zero-order chi connectivity index (χ0) is 10.7. The van der Waals surface area contributed by atoms with Gasteiger partial charge >= 0.3 is 0 Å². The number of piperidine rings is 1. The molecule has 0 amide bonds. The van der Waals surface area contributed by atoms with Gasteiger partial charge in [0, 0.05) is 12.6 Å². The molecule has 0 aliphatic carbocycles. The average Bonchev–Trinajstić information content (AvgIpc) is 2.30. The zero-order valence-corrected chi connectivity index (χ0v) is 8.85. The summed E-state index contributed by atoms with van der Waals surface area (Å²) in [5, 5.41) is 8.62. The average molecular weight is 202 g/mol. The van der Waals surface area contributed by atoms with Crippen LogP contribution in [0.2, 0.25) is 0 Å². The maximum Gasteiger partial charge on any atom is 0.158 e. The van der Waals surface area contributed by atoms with Crippen molar-refractivity contribution >= 4 is 5.82 Å². The summed E-state index contributed by atoms with van der Waals surface area (Å²) >= 11 is 0. The van der Waals surface area contributed by atoms with Crippen molar-refractivity contribution < 1.29 is 0 Å². The van der Waals surface area contributed by atoms with Gasteiger partial charge in [0.15, 0.2) is 5.69 Å². The van der Waals surface area contributed by atoms with Crippen molar-refractivity contribution in [1.29, 1.82) is 5.26 Å². The maximum atomic E-state index is 8.62. The number of hydrogen-bond acceptors (Lipinski definition) is 4. The second-order valence-corrected chi connectivity index (χ2v) is 3.91. The molecular weight excluding hydrogens is 188 g/mol. The van der Waals surface area contributed by atoms with Crippen molar-refractivity contribution in [3.63, 3.8) is 0 Å². The van der Waals surface area contributed by atoms with Crippen molar-refractivity contribution in [2.75, 3.05) is 11.4 Å². The van der Waals surface area contributed by atoms with Gasteiger partial charge in [0.25, 0.3) is 0 Å². The molecule has 4 nitrogen and oxygen atoms in total. The van der Waals surface area contributed by atoms with Crippen LogP contribution in [-0.4, -0.2) is 22.6 Å². The zero-order valence-electron chi connectivity index (χ0n) is 8.85. The van der Waals surface area contributed by atoms with Gasteiger partial charge < -0.3 is 4.90 Å². The summed E-state index contributed by atoms with van der Waals surface area (Å²) in [5.41, 5.74) is 0.378. The number of hydrogen-bond donors (Lipinski definition) is 0. The van der Waals surface area contributed by atoms with Crippen LogP contribution in [0.4, 0.5) is 5.82 Å². The SMILES string of the molecule is CC1CCCCN1c1cnc(C#N)cn1. The van der Waals surface area contributed by atoms with E-state index in [0.29, 0.717) is 11.7 Å². The molecule has 0 aromatic carbocycles. The summed E-state index contributed by atoms with van der Waals surface area (Å²) in [4.78, 5) is 10.6. The van der Waals surface area contributed by atoms with Crippen LogP contribution in [0.25, 0.3) is 0 Å². The lowest BCUT2D eigenvalue weighted by Crippen LogP contribution is -2.38. The molecule has 1 aliphatic heterocycles. The molecule has 1 unspecified atom stereocenters. The van der Waals surface area contributed by atoms with Crippen LogP contribution < -0.4 is 4.90 Å². The van der Waals surface area contributed by atoms with Crippen molar-refractivity contribution in [3.05, 3.63) is 18.1 Å². The van der Waals surface area contributed by atoms with E-state index in [2.05, 4.69) is 21.8 Å². The van der Waals surface area contributed by atoms with Gasteiger partial charge in [-0.05, 0) is 26.2 Å². The fourth-order valence-corrected chi connectivity index (χ4v) is 1.97. The topological polar surface area (TPSA) is 52.8 Å². The highest BCUT2D eigenvalue weighted by molar-refractivity contribution is 5.38. The predicted molar refractivity (Wildman–Crippen MR) is 57.4 cm³/mol. The van der Waals surface area contributed by atoms with Gasteiger partial charge in [-0.15, -0.1) is 0 Å². The molecule has 1 aliphatic rings. The van der Waals surface area contributed by atoms with Crippen LogP contribution >= 0.6 is 0 Å². The minimum Gasteiger partial charge on any atom is -0.353 e.